The van der Waals surface area contributed by atoms with Crippen LogP contribution in [0, 0.1) is 35.5 Å². The summed E-state index contributed by atoms with van der Waals surface area (Å²) in [6.07, 6.45) is 9.11. The fourth-order valence-electron chi connectivity index (χ4n) is 10.1. The third kappa shape index (κ3) is 14.3. The van der Waals surface area contributed by atoms with Crippen LogP contribution in [0.1, 0.15) is 126 Å². The Hall–Kier alpha value is -3.43. The van der Waals surface area contributed by atoms with Gasteiger partial charge in [0.05, 0.1) is 24.4 Å². The van der Waals surface area contributed by atoms with Gasteiger partial charge in [0.1, 0.15) is 17.9 Å². The van der Waals surface area contributed by atoms with Gasteiger partial charge in [-0.05, 0) is 107 Å². The number of rotatable bonds is 6. The van der Waals surface area contributed by atoms with Crippen molar-refractivity contribution in [3.05, 3.63) is 47.6 Å². The average molecular weight is 918 g/mol. The lowest BCUT2D eigenvalue weighted by Gasteiger charge is -2.41. The number of carbonyl (C=O) groups is 5. The lowest BCUT2D eigenvalue weighted by Crippen LogP contribution is -2.59. The molecule has 0 radical (unpaired) electrons. The van der Waals surface area contributed by atoms with Gasteiger partial charge >= 0.3 is 5.97 Å². The minimum Gasteiger partial charge on any atom is -0.460 e. The van der Waals surface area contributed by atoms with Crippen molar-refractivity contribution in [2.24, 2.45) is 35.5 Å². The predicted octanol–water partition coefficient (Wildman–Crippen LogP) is 8.14. The van der Waals surface area contributed by atoms with E-state index in [1.165, 1.54) is 34.1 Å². The smallest absolute Gasteiger partial charge is 0.329 e. The number of halogens is 2. The Balaban J connectivity index is 1.70. The number of Topliss-reactive ketones (excluding diaryl/α,β-unsaturated/α-hetero) is 3. The van der Waals surface area contributed by atoms with Crippen LogP contribution in [-0.2, 0) is 47.7 Å². The van der Waals surface area contributed by atoms with Crippen molar-refractivity contribution in [2.75, 3.05) is 27.9 Å². The highest BCUT2D eigenvalue weighted by Gasteiger charge is 2.55. The molecule has 366 valence electrons. The molecule has 14 heteroatoms. The number of methoxy groups -OCH3 is 3. The first-order valence-corrected chi connectivity index (χ1v) is 23.8. The van der Waals surface area contributed by atoms with Gasteiger partial charge in [0.2, 0.25) is 0 Å². The van der Waals surface area contributed by atoms with Gasteiger partial charge in [0.15, 0.2) is 18.1 Å². The second-order valence-electron chi connectivity index (χ2n) is 19.5. The van der Waals surface area contributed by atoms with Gasteiger partial charge in [-0.2, -0.15) is 0 Å². The van der Waals surface area contributed by atoms with E-state index >= 15 is 8.78 Å². The van der Waals surface area contributed by atoms with Gasteiger partial charge in [-0.3, -0.25) is 19.2 Å². The first-order chi connectivity index (χ1) is 30.7. The molecule has 0 aromatic carbocycles. The SMILES string of the molecule is CO[C@H]1C[C@@H]2CC[C@@H](C)C(F)(O2)C(=O)C(=O)N2CCCCC2C(=O)O[C@H]([C@H](C)CC2CC[C@@H](O)[C@H](OC)C2)CC(=O)[C@H](C)/C=C(\C)C(F)[C@@H](OC)C(=O)[C@H](C)C[C@H](C)/C=C/C=CC=C1C. The van der Waals surface area contributed by atoms with E-state index in [2.05, 4.69) is 0 Å². The molecule has 4 aliphatic rings. The highest BCUT2D eigenvalue weighted by molar-refractivity contribution is 6.39. The van der Waals surface area contributed by atoms with E-state index in [-0.39, 0.29) is 73.2 Å². The average Bonchev–Trinajstić information content (AvgIpc) is 3.28. The van der Waals surface area contributed by atoms with Crippen LogP contribution in [0.4, 0.5) is 8.78 Å². The minimum absolute atomic E-state index is 0.0206. The van der Waals surface area contributed by atoms with E-state index in [9.17, 15) is 29.1 Å². The van der Waals surface area contributed by atoms with Crippen molar-refractivity contribution in [1.82, 2.24) is 4.90 Å². The van der Waals surface area contributed by atoms with Gasteiger partial charge in [-0.25, -0.2) is 13.6 Å². The molecule has 0 aromatic rings. The molecule has 4 rings (SSSR count). The standard InChI is InChI=1S/C51H77F2NO11/c1-30-16-12-11-13-17-31(2)42(61-8)28-38-21-19-36(7)51(53,65-38)48(58)49(59)54-23-15-14-18-39(54)50(60)64-43(33(4)26-37-20-22-40(55)44(27-37)62-9)29-41(56)32(3)25-34(5)45(52)47(63-10)46(57)35(6)24-30/h11-13,16-17,25,30,32-33,35-40,42-45,47,55H,14-15,18-24,26-29H2,1-10H3/b13-11?,16-12+,31-17?,34-25+/t30-,32-,33-,35-,36-,37?,38+,39?,40-,42+,43+,44-,45?,47-,51?/m1/s1. The van der Waals surface area contributed by atoms with Crippen molar-refractivity contribution in [2.45, 2.75) is 180 Å². The molecule has 1 aliphatic carbocycles. The molecule has 3 heterocycles. The summed E-state index contributed by atoms with van der Waals surface area (Å²) in [6, 6.07) is -1.21. The Morgan fingerprint density at radius 2 is 1.60 bits per heavy atom. The zero-order valence-corrected chi connectivity index (χ0v) is 40.5. The summed E-state index contributed by atoms with van der Waals surface area (Å²) in [5, 5.41) is 10.5. The molecule has 1 N–H and O–H groups in total. The van der Waals surface area contributed by atoms with Crippen molar-refractivity contribution in [3.8, 4) is 0 Å². The largest absolute Gasteiger partial charge is 0.460 e. The number of allylic oxidation sites excluding steroid dienone is 6. The summed E-state index contributed by atoms with van der Waals surface area (Å²) >= 11 is 0. The molecule has 2 bridgehead atoms. The third-order valence-electron chi connectivity index (χ3n) is 14.4. The normalized spacial score (nSPS) is 39.1. The summed E-state index contributed by atoms with van der Waals surface area (Å²) in [5.74, 6) is -9.64. The Morgan fingerprint density at radius 3 is 2.28 bits per heavy atom. The highest BCUT2D eigenvalue weighted by atomic mass is 19.2. The maximum atomic E-state index is 17.0. The minimum atomic E-state index is -2.94. The van der Waals surface area contributed by atoms with Crippen molar-refractivity contribution < 1.29 is 61.5 Å². The maximum absolute atomic E-state index is 17.0. The van der Waals surface area contributed by atoms with E-state index in [0.29, 0.717) is 51.4 Å². The molecule has 12 nitrogen and oxygen atoms in total. The molecule has 3 fully saturated rings. The van der Waals surface area contributed by atoms with E-state index in [1.54, 1.807) is 21.0 Å². The van der Waals surface area contributed by atoms with E-state index in [1.807, 2.05) is 51.2 Å². The molecular weight excluding hydrogens is 841 g/mol. The van der Waals surface area contributed by atoms with E-state index in [4.69, 9.17) is 23.7 Å². The number of alkyl halides is 2. The number of aliphatic hydroxyl groups is 1. The molecule has 65 heavy (non-hydrogen) atoms. The van der Waals surface area contributed by atoms with Gasteiger partial charge in [-0.1, -0.05) is 71.1 Å². The number of hydrogen-bond acceptors (Lipinski definition) is 11. The van der Waals surface area contributed by atoms with Gasteiger partial charge in [-0.15, -0.1) is 0 Å². The third-order valence-corrected chi connectivity index (χ3v) is 14.4. The van der Waals surface area contributed by atoms with Crippen LogP contribution < -0.4 is 0 Å². The zero-order valence-electron chi connectivity index (χ0n) is 40.5. The molecule has 3 aliphatic heterocycles. The first kappa shape index (κ1) is 54.2. The van der Waals surface area contributed by atoms with Crippen LogP contribution in [-0.4, -0.2) is 122 Å². The molecule has 4 unspecified atom stereocenters. The predicted molar refractivity (Wildman–Crippen MR) is 243 cm³/mol. The quantitative estimate of drug-likeness (QED) is 0.156. The van der Waals surface area contributed by atoms with E-state index in [0.717, 1.165) is 10.5 Å². The lowest BCUT2D eigenvalue weighted by atomic mass is 9.78. The number of nitrogens with zero attached hydrogens (tertiary/aromatic N) is 1. The van der Waals surface area contributed by atoms with Crippen LogP contribution in [0.5, 0.6) is 0 Å². The summed E-state index contributed by atoms with van der Waals surface area (Å²) < 4.78 is 62.1. The van der Waals surface area contributed by atoms with Crippen LogP contribution in [0.2, 0.25) is 0 Å². The number of ether oxygens (including phenoxy) is 5. The number of ketones is 3. The summed E-state index contributed by atoms with van der Waals surface area (Å²) in [5.41, 5.74) is 0.981. The first-order valence-electron chi connectivity index (χ1n) is 23.8. The number of carbonyl (C=O) groups excluding carboxylic acids is 5. The molecule has 1 saturated carbocycles. The van der Waals surface area contributed by atoms with Crippen molar-refractivity contribution >= 4 is 29.2 Å². The van der Waals surface area contributed by atoms with Crippen molar-refractivity contribution in [3.63, 3.8) is 0 Å². The molecule has 1 amide bonds. The lowest BCUT2D eigenvalue weighted by molar-refractivity contribution is -0.231. The fraction of sp³-hybridized carbons (Fsp3) is 0.745. The second-order valence-corrected chi connectivity index (χ2v) is 19.5. The van der Waals surface area contributed by atoms with Crippen LogP contribution in [0.15, 0.2) is 47.6 Å². The van der Waals surface area contributed by atoms with Gasteiger partial charge in [0.25, 0.3) is 17.5 Å². The Bertz CT molecular complexity index is 1760. The summed E-state index contributed by atoms with van der Waals surface area (Å²) in [7, 11) is 4.38. The number of esters is 1. The number of fused-ring (bicyclic) bond motifs is 3. The highest BCUT2D eigenvalue weighted by Crippen LogP contribution is 2.40. The van der Waals surface area contributed by atoms with Crippen LogP contribution in [0.25, 0.3) is 0 Å². The topological polar surface area (TPSA) is 155 Å². The molecular formula is C51H77F2NO11. The van der Waals surface area contributed by atoms with Crippen LogP contribution in [0.3, 0.4) is 0 Å². The number of aliphatic hydroxyl groups excluding tert-OH is 1. The fourth-order valence-corrected chi connectivity index (χ4v) is 10.1. The summed E-state index contributed by atoms with van der Waals surface area (Å²) in [4.78, 5) is 71.3. The molecule has 0 spiro atoms. The van der Waals surface area contributed by atoms with Gasteiger partial charge in [0, 0.05) is 58.5 Å². The molecule has 15 atom stereocenters. The monoisotopic (exact) mass is 918 g/mol. The maximum Gasteiger partial charge on any atom is 0.329 e. The number of cyclic esters (lactones) is 1. The van der Waals surface area contributed by atoms with Gasteiger partial charge < -0.3 is 33.7 Å². The zero-order chi connectivity index (χ0) is 48.2. The molecule has 2 saturated heterocycles. The Kier molecular flexibility index (Phi) is 20.9. The second kappa shape index (κ2) is 25.1. The van der Waals surface area contributed by atoms with Crippen LogP contribution >= 0.6 is 0 Å². The number of hydrogen-bond donors (Lipinski definition) is 1. The Morgan fingerprint density at radius 1 is 0.877 bits per heavy atom. The van der Waals surface area contributed by atoms with E-state index < -0.39 is 84.0 Å². The Labute approximate surface area is 385 Å². The number of amides is 1. The number of piperidine rings is 1. The summed E-state index contributed by atoms with van der Waals surface area (Å²) in [6.45, 7) is 12.2. The van der Waals surface area contributed by atoms with Crippen molar-refractivity contribution in [1.29, 1.82) is 0 Å². The molecule has 0 aromatic heterocycles.